The van der Waals surface area contributed by atoms with Crippen LogP contribution in [0.1, 0.15) is 34.7 Å². The standard InChI is InChI=1S/C23H26FN7O2/c1-13-16-10-15(11-18-20(16)31(28-13)14(2)22(32)27-18)12-29-6-8-30(9-7-29)19-5-4-17(23(33)25-3)26-21(19)24/h4-5,10-11,14H,6-9,12H2,1-3H3,(H,25,33)(H,27,32)/t14-/m1/s1. The highest BCUT2D eigenvalue weighted by Crippen LogP contribution is 2.34. The number of benzene rings is 1. The Balaban J connectivity index is 1.30. The molecule has 0 unspecified atom stereocenters. The van der Waals surface area contributed by atoms with Crippen molar-refractivity contribution in [3.63, 3.8) is 0 Å². The first-order chi connectivity index (χ1) is 15.9. The van der Waals surface area contributed by atoms with Crippen LogP contribution in [-0.4, -0.2) is 64.7 Å². The van der Waals surface area contributed by atoms with E-state index in [0.29, 0.717) is 18.8 Å². The summed E-state index contributed by atoms with van der Waals surface area (Å²) in [7, 11) is 1.49. The predicted molar refractivity (Wildman–Crippen MR) is 123 cm³/mol. The van der Waals surface area contributed by atoms with Crippen molar-refractivity contribution in [1.29, 1.82) is 0 Å². The van der Waals surface area contributed by atoms with Crippen LogP contribution >= 0.6 is 0 Å². The first-order valence-corrected chi connectivity index (χ1v) is 11.0. The number of hydrogen-bond acceptors (Lipinski definition) is 6. The van der Waals surface area contributed by atoms with Crippen molar-refractivity contribution in [3.8, 4) is 0 Å². The molecule has 172 valence electrons. The van der Waals surface area contributed by atoms with Crippen LogP contribution in [0.3, 0.4) is 0 Å². The largest absolute Gasteiger partial charge is 0.365 e. The maximum atomic E-state index is 14.5. The van der Waals surface area contributed by atoms with Gasteiger partial charge < -0.3 is 15.5 Å². The van der Waals surface area contributed by atoms with Gasteiger partial charge in [-0.1, -0.05) is 0 Å². The van der Waals surface area contributed by atoms with E-state index in [2.05, 4.69) is 31.7 Å². The summed E-state index contributed by atoms with van der Waals surface area (Å²) in [5.74, 6) is -1.10. The number of hydrogen-bond donors (Lipinski definition) is 2. The summed E-state index contributed by atoms with van der Waals surface area (Å²) in [6.07, 6.45) is 0. The summed E-state index contributed by atoms with van der Waals surface area (Å²) in [6, 6.07) is 7.01. The molecular formula is C23H26FN7O2. The fourth-order valence-electron chi connectivity index (χ4n) is 4.62. The molecule has 1 aromatic carbocycles. The molecule has 5 rings (SSSR count). The van der Waals surface area contributed by atoms with E-state index in [1.54, 1.807) is 16.8 Å². The number of pyridine rings is 1. The number of amides is 2. The number of aromatic nitrogens is 3. The highest BCUT2D eigenvalue weighted by atomic mass is 19.1. The summed E-state index contributed by atoms with van der Waals surface area (Å²) < 4.78 is 16.3. The average Bonchev–Trinajstić information content (AvgIpc) is 3.14. The molecule has 10 heteroatoms. The van der Waals surface area contributed by atoms with Gasteiger partial charge in [-0.2, -0.15) is 9.49 Å². The van der Waals surface area contributed by atoms with Gasteiger partial charge in [-0.05, 0) is 43.7 Å². The minimum Gasteiger partial charge on any atom is -0.365 e. The maximum absolute atomic E-state index is 14.5. The molecule has 33 heavy (non-hydrogen) atoms. The van der Waals surface area contributed by atoms with Gasteiger partial charge in [0.05, 0.1) is 22.6 Å². The molecule has 0 aliphatic carbocycles. The second-order valence-electron chi connectivity index (χ2n) is 8.58. The monoisotopic (exact) mass is 451 g/mol. The van der Waals surface area contributed by atoms with Gasteiger partial charge in [0, 0.05) is 45.2 Å². The number of halogens is 1. The molecule has 1 fully saturated rings. The maximum Gasteiger partial charge on any atom is 0.269 e. The van der Waals surface area contributed by atoms with Crippen LogP contribution in [0.25, 0.3) is 10.9 Å². The molecule has 2 aliphatic heterocycles. The Morgan fingerprint density at radius 3 is 2.70 bits per heavy atom. The van der Waals surface area contributed by atoms with Gasteiger partial charge in [-0.25, -0.2) is 4.98 Å². The molecule has 0 radical (unpaired) electrons. The van der Waals surface area contributed by atoms with E-state index in [1.807, 2.05) is 24.8 Å². The lowest BCUT2D eigenvalue weighted by molar-refractivity contribution is -0.119. The number of rotatable bonds is 4. The number of aryl methyl sites for hydroxylation is 1. The summed E-state index contributed by atoms with van der Waals surface area (Å²) in [5.41, 5.74) is 4.26. The lowest BCUT2D eigenvalue weighted by Gasteiger charge is -2.36. The highest BCUT2D eigenvalue weighted by Gasteiger charge is 2.28. The quantitative estimate of drug-likeness (QED) is 0.590. The fraction of sp³-hybridized carbons (Fsp3) is 0.391. The van der Waals surface area contributed by atoms with Gasteiger partial charge in [-0.15, -0.1) is 0 Å². The molecule has 4 heterocycles. The Hall–Kier alpha value is -3.53. The van der Waals surface area contributed by atoms with Crippen LogP contribution in [0.4, 0.5) is 15.8 Å². The third-order valence-corrected chi connectivity index (χ3v) is 6.46. The van der Waals surface area contributed by atoms with E-state index in [-0.39, 0.29) is 17.6 Å². The Morgan fingerprint density at radius 2 is 2.00 bits per heavy atom. The summed E-state index contributed by atoms with van der Waals surface area (Å²) in [4.78, 5) is 32.1. The van der Waals surface area contributed by atoms with E-state index in [4.69, 9.17) is 0 Å². The minimum absolute atomic E-state index is 0.0595. The third kappa shape index (κ3) is 3.70. The lowest BCUT2D eigenvalue weighted by atomic mass is 10.1. The topological polar surface area (TPSA) is 95.4 Å². The first-order valence-electron chi connectivity index (χ1n) is 11.0. The Labute approximate surface area is 190 Å². The van der Waals surface area contributed by atoms with Crippen molar-refractivity contribution in [2.45, 2.75) is 26.4 Å². The number of nitrogens with zero attached hydrogens (tertiary/aromatic N) is 5. The molecule has 2 amide bonds. The van der Waals surface area contributed by atoms with Crippen LogP contribution in [-0.2, 0) is 11.3 Å². The van der Waals surface area contributed by atoms with Gasteiger partial charge >= 0.3 is 0 Å². The molecule has 0 spiro atoms. The summed E-state index contributed by atoms with van der Waals surface area (Å²) in [5, 5.41) is 11.1. The number of carbonyl (C=O) groups excluding carboxylic acids is 2. The number of nitrogens with one attached hydrogen (secondary N) is 2. The van der Waals surface area contributed by atoms with Crippen molar-refractivity contribution >= 4 is 34.1 Å². The lowest BCUT2D eigenvalue weighted by Crippen LogP contribution is -2.46. The highest BCUT2D eigenvalue weighted by molar-refractivity contribution is 6.06. The molecule has 0 bridgehead atoms. The first kappa shape index (κ1) is 21.3. The van der Waals surface area contributed by atoms with E-state index in [9.17, 15) is 14.0 Å². The third-order valence-electron chi connectivity index (χ3n) is 6.46. The predicted octanol–water partition coefficient (Wildman–Crippen LogP) is 2.07. The SMILES string of the molecule is CNC(=O)c1ccc(N2CCN(Cc3cc4c5c(c3)c(C)nn5[C@H](C)C(=O)N4)CC2)c(F)n1. The Morgan fingerprint density at radius 1 is 1.24 bits per heavy atom. The van der Waals surface area contributed by atoms with E-state index >= 15 is 0 Å². The summed E-state index contributed by atoms with van der Waals surface area (Å²) in [6.45, 7) is 7.35. The van der Waals surface area contributed by atoms with Gasteiger partial charge in [-0.3, -0.25) is 19.2 Å². The molecule has 2 aliphatic rings. The zero-order chi connectivity index (χ0) is 23.3. The van der Waals surface area contributed by atoms with Crippen molar-refractivity contribution in [1.82, 2.24) is 25.0 Å². The van der Waals surface area contributed by atoms with Gasteiger partial charge in [0.1, 0.15) is 11.7 Å². The van der Waals surface area contributed by atoms with Crippen LogP contribution in [0.2, 0.25) is 0 Å². The molecule has 3 aromatic rings. The number of anilines is 2. The fourth-order valence-corrected chi connectivity index (χ4v) is 4.62. The van der Waals surface area contributed by atoms with Crippen LogP contribution in [0.5, 0.6) is 0 Å². The van der Waals surface area contributed by atoms with Gasteiger partial charge in [0.2, 0.25) is 11.9 Å². The normalized spacial score (nSPS) is 18.5. The van der Waals surface area contributed by atoms with Gasteiger partial charge in [0.15, 0.2) is 0 Å². The molecule has 0 saturated carbocycles. The Kier molecular flexibility index (Phi) is 5.24. The number of piperazine rings is 1. The van der Waals surface area contributed by atoms with E-state index in [1.165, 1.54) is 7.05 Å². The molecular weight excluding hydrogens is 425 g/mol. The van der Waals surface area contributed by atoms with Crippen molar-refractivity contribution in [3.05, 3.63) is 47.2 Å². The van der Waals surface area contributed by atoms with Crippen LogP contribution in [0, 0.1) is 12.9 Å². The van der Waals surface area contributed by atoms with Gasteiger partial charge in [0.25, 0.3) is 5.91 Å². The summed E-state index contributed by atoms with van der Waals surface area (Å²) >= 11 is 0. The van der Waals surface area contributed by atoms with E-state index in [0.717, 1.165) is 47.5 Å². The van der Waals surface area contributed by atoms with E-state index < -0.39 is 11.9 Å². The molecule has 9 nitrogen and oxygen atoms in total. The number of carbonyl (C=O) groups is 2. The van der Waals surface area contributed by atoms with Crippen LogP contribution in [0.15, 0.2) is 24.3 Å². The molecule has 1 atom stereocenters. The van der Waals surface area contributed by atoms with Crippen molar-refractivity contribution in [2.24, 2.45) is 0 Å². The smallest absolute Gasteiger partial charge is 0.269 e. The molecule has 1 saturated heterocycles. The average molecular weight is 452 g/mol. The molecule has 2 aromatic heterocycles. The second-order valence-corrected chi connectivity index (χ2v) is 8.58. The second kappa shape index (κ2) is 8.11. The zero-order valence-electron chi connectivity index (χ0n) is 18.9. The van der Waals surface area contributed by atoms with Crippen molar-refractivity contribution in [2.75, 3.05) is 43.4 Å². The van der Waals surface area contributed by atoms with Crippen molar-refractivity contribution < 1.29 is 14.0 Å². The molecule has 2 N–H and O–H groups in total. The zero-order valence-corrected chi connectivity index (χ0v) is 18.9. The Bertz CT molecular complexity index is 1260. The minimum atomic E-state index is -0.633. The van der Waals surface area contributed by atoms with Crippen LogP contribution < -0.4 is 15.5 Å².